The van der Waals surface area contributed by atoms with E-state index < -0.39 is 0 Å². The van der Waals surface area contributed by atoms with Crippen LogP contribution >= 0.6 is 0 Å². The van der Waals surface area contributed by atoms with Gasteiger partial charge in [-0.1, -0.05) is 6.92 Å². The number of anilines is 3. The highest BCUT2D eigenvalue weighted by Gasteiger charge is 2.04. The molecule has 0 aliphatic carbocycles. The molecule has 2 aromatic rings. The molecule has 1 aromatic carbocycles. The van der Waals surface area contributed by atoms with Crippen molar-refractivity contribution in [3.05, 3.63) is 36.2 Å². The van der Waals surface area contributed by atoms with Crippen molar-refractivity contribution >= 4 is 17.3 Å². The van der Waals surface area contributed by atoms with Gasteiger partial charge in [0.1, 0.15) is 23.2 Å². The molecule has 1 heterocycles. The zero-order valence-electron chi connectivity index (χ0n) is 11.7. The van der Waals surface area contributed by atoms with Crippen LogP contribution in [0.5, 0.6) is 5.75 Å². The van der Waals surface area contributed by atoms with Gasteiger partial charge in [-0.3, -0.25) is 0 Å². The molecule has 2 rings (SSSR count). The minimum atomic E-state index is 0.597. The van der Waals surface area contributed by atoms with Gasteiger partial charge in [-0.25, -0.2) is 15.8 Å². The molecule has 0 saturated heterocycles. The van der Waals surface area contributed by atoms with Crippen molar-refractivity contribution < 1.29 is 4.74 Å². The summed E-state index contributed by atoms with van der Waals surface area (Å²) in [7, 11) is 1.64. The fourth-order valence-corrected chi connectivity index (χ4v) is 1.79. The molecule has 20 heavy (non-hydrogen) atoms. The van der Waals surface area contributed by atoms with Crippen molar-refractivity contribution in [3.8, 4) is 5.75 Å². The van der Waals surface area contributed by atoms with E-state index in [-0.39, 0.29) is 0 Å². The third kappa shape index (κ3) is 3.58. The van der Waals surface area contributed by atoms with Gasteiger partial charge in [0.2, 0.25) is 0 Å². The Morgan fingerprint density at radius 2 is 1.85 bits per heavy atom. The lowest BCUT2D eigenvalue weighted by atomic mass is 10.3. The number of nitrogen functional groups attached to an aromatic ring is 1. The number of hydrogen-bond donors (Lipinski definition) is 3. The molecule has 0 saturated carbocycles. The van der Waals surface area contributed by atoms with Gasteiger partial charge in [-0.05, 0) is 30.7 Å². The minimum Gasteiger partial charge on any atom is -0.497 e. The smallest absolute Gasteiger partial charge is 0.145 e. The monoisotopic (exact) mass is 273 g/mol. The van der Waals surface area contributed by atoms with E-state index in [1.165, 1.54) is 0 Å². The summed E-state index contributed by atoms with van der Waals surface area (Å²) in [6.45, 7) is 2.09. The number of aromatic nitrogens is 2. The number of ether oxygens (including phenoxy) is 1. The van der Waals surface area contributed by atoms with Crippen LogP contribution in [0, 0.1) is 0 Å². The first kappa shape index (κ1) is 14.1. The molecule has 0 radical (unpaired) electrons. The molecule has 0 fully saturated rings. The number of methoxy groups -OCH3 is 1. The molecule has 4 N–H and O–H groups in total. The second-order valence-electron chi connectivity index (χ2n) is 4.30. The minimum absolute atomic E-state index is 0.597. The molecule has 0 spiro atoms. The molecule has 0 aliphatic rings. The number of hydrogen-bond acceptors (Lipinski definition) is 6. The largest absolute Gasteiger partial charge is 0.497 e. The molecular weight excluding hydrogens is 254 g/mol. The van der Waals surface area contributed by atoms with Crippen LogP contribution in [0.15, 0.2) is 30.3 Å². The van der Waals surface area contributed by atoms with E-state index in [0.717, 1.165) is 30.1 Å². The predicted octanol–water partition coefficient (Wildman–Crippen LogP) is 2.47. The Balaban J connectivity index is 2.20. The molecule has 0 amide bonds. The summed E-state index contributed by atoms with van der Waals surface area (Å²) in [6.07, 6.45) is 1.79. The number of benzene rings is 1. The number of nitrogens with zero attached hydrogens (tertiary/aromatic N) is 2. The van der Waals surface area contributed by atoms with Gasteiger partial charge in [-0.2, -0.15) is 0 Å². The number of rotatable bonds is 6. The SMILES string of the molecule is CCCc1nc(NN)cc(Nc2ccc(OC)cc2)n1. The molecule has 0 atom stereocenters. The molecular formula is C14H19N5O. The van der Waals surface area contributed by atoms with Crippen molar-refractivity contribution in [2.24, 2.45) is 5.84 Å². The summed E-state index contributed by atoms with van der Waals surface area (Å²) in [4.78, 5) is 8.76. The van der Waals surface area contributed by atoms with Gasteiger partial charge in [0, 0.05) is 18.2 Å². The van der Waals surface area contributed by atoms with E-state index in [9.17, 15) is 0 Å². The van der Waals surface area contributed by atoms with E-state index in [0.29, 0.717) is 11.6 Å². The third-order valence-electron chi connectivity index (χ3n) is 2.76. The number of nitrogens with two attached hydrogens (primary N) is 1. The topological polar surface area (TPSA) is 85.1 Å². The fraction of sp³-hybridized carbons (Fsp3) is 0.286. The summed E-state index contributed by atoms with van der Waals surface area (Å²) in [5.41, 5.74) is 3.48. The maximum atomic E-state index is 5.43. The molecule has 1 aromatic heterocycles. The van der Waals surface area contributed by atoms with E-state index in [4.69, 9.17) is 10.6 Å². The van der Waals surface area contributed by atoms with Crippen molar-refractivity contribution in [1.29, 1.82) is 0 Å². The first-order valence-electron chi connectivity index (χ1n) is 6.50. The predicted molar refractivity (Wildman–Crippen MR) is 80.1 cm³/mol. The average molecular weight is 273 g/mol. The maximum absolute atomic E-state index is 5.43. The normalized spacial score (nSPS) is 10.2. The Labute approximate surface area is 118 Å². The fourth-order valence-electron chi connectivity index (χ4n) is 1.79. The lowest BCUT2D eigenvalue weighted by molar-refractivity contribution is 0.415. The molecule has 106 valence electrons. The molecule has 6 heteroatoms. The van der Waals surface area contributed by atoms with Gasteiger partial charge < -0.3 is 15.5 Å². The molecule has 6 nitrogen and oxygen atoms in total. The Hall–Kier alpha value is -2.34. The van der Waals surface area contributed by atoms with Crippen LogP contribution in [-0.2, 0) is 6.42 Å². The van der Waals surface area contributed by atoms with Crippen molar-refractivity contribution in [2.75, 3.05) is 17.9 Å². The van der Waals surface area contributed by atoms with Gasteiger partial charge >= 0.3 is 0 Å². The first-order chi connectivity index (χ1) is 9.75. The Morgan fingerprint density at radius 1 is 1.15 bits per heavy atom. The van der Waals surface area contributed by atoms with Crippen LogP contribution in [0.4, 0.5) is 17.3 Å². The lowest BCUT2D eigenvalue weighted by Crippen LogP contribution is -2.11. The average Bonchev–Trinajstić information content (AvgIpc) is 2.48. The van der Waals surface area contributed by atoms with E-state index >= 15 is 0 Å². The van der Waals surface area contributed by atoms with E-state index in [1.807, 2.05) is 24.3 Å². The van der Waals surface area contributed by atoms with E-state index in [1.54, 1.807) is 13.2 Å². The van der Waals surface area contributed by atoms with Crippen LogP contribution in [0.1, 0.15) is 19.2 Å². The number of aryl methyl sites for hydroxylation is 1. The Kier molecular flexibility index (Phi) is 4.73. The van der Waals surface area contributed by atoms with Crippen LogP contribution in [-0.4, -0.2) is 17.1 Å². The highest BCUT2D eigenvalue weighted by atomic mass is 16.5. The standard InChI is InChI=1S/C14H19N5O/c1-3-4-12-17-13(9-14(18-12)19-15)16-10-5-7-11(20-2)8-6-10/h5-9H,3-4,15H2,1-2H3,(H2,16,17,18,19). The Bertz CT molecular complexity index is 556. The van der Waals surface area contributed by atoms with Crippen molar-refractivity contribution in [3.63, 3.8) is 0 Å². The molecule has 0 unspecified atom stereocenters. The zero-order valence-corrected chi connectivity index (χ0v) is 11.7. The van der Waals surface area contributed by atoms with Crippen LogP contribution in [0.25, 0.3) is 0 Å². The van der Waals surface area contributed by atoms with Gasteiger partial charge in [0.05, 0.1) is 7.11 Å². The van der Waals surface area contributed by atoms with Gasteiger partial charge in [-0.15, -0.1) is 0 Å². The van der Waals surface area contributed by atoms with Crippen molar-refractivity contribution in [1.82, 2.24) is 9.97 Å². The third-order valence-corrected chi connectivity index (χ3v) is 2.76. The summed E-state index contributed by atoms with van der Waals surface area (Å²) < 4.78 is 5.13. The highest BCUT2D eigenvalue weighted by molar-refractivity contribution is 5.59. The van der Waals surface area contributed by atoms with Gasteiger partial charge in [0.25, 0.3) is 0 Å². The summed E-state index contributed by atoms with van der Waals surface area (Å²) in [5, 5.41) is 3.23. The summed E-state index contributed by atoms with van der Waals surface area (Å²) >= 11 is 0. The van der Waals surface area contributed by atoms with Crippen molar-refractivity contribution in [2.45, 2.75) is 19.8 Å². The maximum Gasteiger partial charge on any atom is 0.145 e. The first-order valence-corrected chi connectivity index (χ1v) is 6.50. The van der Waals surface area contributed by atoms with Crippen LogP contribution in [0.2, 0.25) is 0 Å². The molecule has 0 aliphatic heterocycles. The molecule has 0 bridgehead atoms. The zero-order chi connectivity index (χ0) is 14.4. The number of hydrazine groups is 1. The second-order valence-corrected chi connectivity index (χ2v) is 4.30. The lowest BCUT2D eigenvalue weighted by Gasteiger charge is -2.10. The quantitative estimate of drug-likeness (QED) is 0.554. The summed E-state index contributed by atoms with van der Waals surface area (Å²) in [6, 6.07) is 9.40. The van der Waals surface area contributed by atoms with E-state index in [2.05, 4.69) is 27.6 Å². The Morgan fingerprint density at radius 3 is 2.45 bits per heavy atom. The van der Waals surface area contributed by atoms with Gasteiger partial charge in [0.15, 0.2) is 0 Å². The second kappa shape index (κ2) is 6.72. The highest BCUT2D eigenvalue weighted by Crippen LogP contribution is 2.20. The summed E-state index contributed by atoms with van der Waals surface area (Å²) in [5.74, 6) is 8.31. The van der Waals surface area contributed by atoms with Crippen LogP contribution < -0.4 is 21.3 Å². The number of nitrogens with one attached hydrogen (secondary N) is 2. The van der Waals surface area contributed by atoms with Crippen LogP contribution in [0.3, 0.4) is 0 Å².